The van der Waals surface area contributed by atoms with E-state index >= 15 is 0 Å². The first-order valence-corrected chi connectivity index (χ1v) is 13.8. The van der Waals surface area contributed by atoms with Crippen molar-refractivity contribution in [3.63, 3.8) is 0 Å². The molecule has 0 aliphatic carbocycles. The first-order chi connectivity index (χ1) is 18.9. The second-order valence-corrected chi connectivity index (χ2v) is 10.6. The minimum Gasteiger partial charge on any atom is -0.489 e. The molecule has 5 rings (SSSR count). The highest BCUT2D eigenvalue weighted by atomic mass is 35.5. The molecule has 39 heavy (non-hydrogen) atoms. The van der Waals surface area contributed by atoms with Gasteiger partial charge in [0.15, 0.2) is 4.80 Å². The molecule has 0 unspecified atom stereocenters. The standard InChI is InChI=1S/C30H24Cl2N2O4S/c1-3-24-26(29(36)37-2)27(19-7-5-4-6-8-19)34-28(35)25(39-30(34)33-24)15-18-9-13-22(14-10-18)38-17-20-11-12-21(31)16-23(20)32/h4-16,27H,3,17H2,1-2H3/b25-15-/t27-/m1/s1. The van der Waals surface area contributed by atoms with Crippen LogP contribution in [0.2, 0.25) is 10.0 Å². The van der Waals surface area contributed by atoms with Gasteiger partial charge in [0.2, 0.25) is 0 Å². The zero-order valence-corrected chi connectivity index (χ0v) is 23.5. The van der Waals surface area contributed by atoms with Crippen LogP contribution >= 0.6 is 34.5 Å². The number of hydrogen-bond acceptors (Lipinski definition) is 6. The number of nitrogens with zero attached hydrogens (tertiary/aromatic N) is 2. The normalized spacial score (nSPS) is 15.1. The van der Waals surface area contributed by atoms with Crippen LogP contribution in [0.1, 0.15) is 36.1 Å². The molecule has 3 aromatic carbocycles. The molecule has 0 radical (unpaired) electrons. The van der Waals surface area contributed by atoms with Crippen molar-refractivity contribution < 1.29 is 14.3 Å². The van der Waals surface area contributed by atoms with E-state index in [2.05, 4.69) is 0 Å². The van der Waals surface area contributed by atoms with E-state index in [1.54, 1.807) is 16.7 Å². The molecule has 1 aliphatic heterocycles. The summed E-state index contributed by atoms with van der Waals surface area (Å²) in [6.07, 6.45) is 2.35. The summed E-state index contributed by atoms with van der Waals surface area (Å²) >= 11 is 13.5. The van der Waals surface area contributed by atoms with E-state index in [0.717, 1.165) is 16.7 Å². The van der Waals surface area contributed by atoms with Crippen LogP contribution in [0, 0.1) is 0 Å². The summed E-state index contributed by atoms with van der Waals surface area (Å²) in [6.45, 7) is 2.23. The van der Waals surface area contributed by atoms with Gasteiger partial charge in [0, 0.05) is 15.6 Å². The van der Waals surface area contributed by atoms with E-state index in [-0.39, 0.29) is 5.56 Å². The Labute approximate surface area is 239 Å². The zero-order chi connectivity index (χ0) is 27.5. The first kappa shape index (κ1) is 26.9. The van der Waals surface area contributed by atoms with Crippen molar-refractivity contribution in [1.29, 1.82) is 0 Å². The van der Waals surface area contributed by atoms with Gasteiger partial charge >= 0.3 is 5.97 Å². The van der Waals surface area contributed by atoms with Crippen LogP contribution in [0.25, 0.3) is 6.08 Å². The number of allylic oxidation sites excluding steroid dienone is 1. The van der Waals surface area contributed by atoms with Crippen LogP contribution in [-0.2, 0) is 16.1 Å². The van der Waals surface area contributed by atoms with Crippen LogP contribution in [0.15, 0.2) is 93.9 Å². The number of carbonyl (C=O) groups excluding carboxylic acids is 1. The molecule has 1 aromatic heterocycles. The molecule has 0 amide bonds. The smallest absolute Gasteiger partial charge is 0.338 e. The van der Waals surface area contributed by atoms with Crippen molar-refractivity contribution in [1.82, 2.24) is 4.57 Å². The third-order valence-electron chi connectivity index (χ3n) is 6.35. The van der Waals surface area contributed by atoms with Crippen molar-refractivity contribution in [2.75, 3.05) is 7.11 Å². The second kappa shape index (κ2) is 11.6. The molecule has 0 N–H and O–H groups in total. The van der Waals surface area contributed by atoms with Gasteiger partial charge in [-0.3, -0.25) is 9.36 Å². The van der Waals surface area contributed by atoms with Crippen molar-refractivity contribution in [2.45, 2.75) is 26.0 Å². The van der Waals surface area contributed by atoms with Gasteiger partial charge in [-0.15, -0.1) is 0 Å². The molecule has 0 saturated carbocycles. The SMILES string of the molecule is CCC1=C(C(=O)OC)[C@@H](c2ccccc2)n2c(s/c(=C\c3ccc(OCc4ccc(Cl)cc4Cl)cc3)c2=O)=N1. The molecule has 1 aliphatic rings. The third kappa shape index (κ3) is 5.57. The van der Waals surface area contributed by atoms with E-state index in [1.165, 1.54) is 18.4 Å². The van der Waals surface area contributed by atoms with Gasteiger partial charge in [-0.2, -0.15) is 0 Å². The summed E-state index contributed by atoms with van der Waals surface area (Å²) in [7, 11) is 1.34. The van der Waals surface area contributed by atoms with E-state index in [9.17, 15) is 9.59 Å². The van der Waals surface area contributed by atoms with Crippen LogP contribution in [0.3, 0.4) is 0 Å². The number of halogens is 2. The fraction of sp³-hybridized carbons (Fsp3) is 0.167. The largest absolute Gasteiger partial charge is 0.489 e. The number of methoxy groups -OCH3 is 1. The monoisotopic (exact) mass is 578 g/mol. The van der Waals surface area contributed by atoms with Gasteiger partial charge < -0.3 is 9.47 Å². The highest BCUT2D eigenvalue weighted by molar-refractivity contribution is 7.07. The molecule has 0 bridgehead atoms. The number of aromatic nitrogens is 1. The average Bonchev–Trinajstić information content (AvgIpc) is 3.26. The minimum atomic E-state index is -0.623. The Kier molecular flexibility index (Phi) is 8.02. The van der Waals surface area contributed by atoms with E-state index in [0.29, 0.717) is 49.4 Å². The topological polar surface area (TPSA) is 69.9 Å². The maximum absolute atomic E-state index is 13.7. The fourth-order valence-corrected chi connectivity index (χ4v) is 5.91. The molecule has 0 spiro atoms. The van der Waals surface area contributed by atoms with Gasteiger partial charge in [-0.1, -0.05) is 90.0 Å². The number of thiazole rings is 1. The molecule has 2 heterocycles. The Balaban J connectivity index is 1.49. The second-order valence-electron chi connectivity index (χ2n) is 8.79. The number of rotatable bonds is 7. The molecule has 1 atom stereocenters. The third-order valence-corrected chi connectivity index (χ3v) is 7.92. The number of ether oxygens (including phenoxy) is 2. The highest BCUT2D eigenvalue weighted by Gasteiger charge is 2.33. The molecule has 4 aromatic rings. The molecule has 9 heteroatoms. The van der Waals surface area contributed by atoms with Gasteiger partial charge in [0.25, 0.3) is 5.56 Å². The van der Waals surface area contributed by atoms with Crippen LogP contribution in [-0.4, -0.2) is 17.6 Å². The van der Waals surface area contributed by atoms with Crippen molar-refractivity contribution in [3.8, 4) is 5.75 Å². The van der Waals surface area contributed by atoms with Gasteiger partial charge in [-0.25, -0.2) is 9.79 Å². The summed E-state index contributed by atoms with van der Waals surface area (Å²) in [5.74, 6) is 0.174. The maximum atomic E-state index is 13.7. The van der Waals surface area contributed by atoms with Gasteiger partial charge in [-0.05, 0) is 47.9 Å². The lowest BCUT2D eigenvalue weighted by atomic mass is 9.95. The average molecular weight is 580 g/mol. The quantitative estimate of drug-likeness (QED) is 0.264. The molecular formula is C30H24Cl2N2O4S. The predicted octanol–water partition coefficient (Wildman–Crippen LogP) is 5.68. The summed E-state index contributed by atoms with van der Waals surface area (Å²) in [5.41, 5.74) is 3.25. The first-order valence-electron chi connectivity index (χ1n) is 12.2. The summed E-state index contributed by atoms with van der Waals surface area (Å²) < 4.78 is 13.1. The zero-order valence-electron chi connectivity index (χ0n) is 21.2. The molecule has 0 saturated heterocycles. The lowest BCUT2D eigenvalue weighted by molar-refractivity contribution is -0.136. The van der Waals surface area contributed by atoms with Crippen molar-refractivity contribution in [3.05, 3.63) is 130 Å². The van der Waals surface area contributed by atoms with Gasteiger partial charge in [0.05, 0.1) is 29.0 Å². The Hall–Kier alpha value is -3.65. The van der Waals surface area contributed by atoms with E-state index in [1.807, 2.05) is 73.7 Å². The molecule has 0 fully saturated rings. The van der Waals surface area contributed by atoms with Gasteiger partial charge in [0.1, 0.15) is 12.4 Å². The predicted molar refractivity (Wildman–Crippen MR) is 154 cm³/mol. The van der Waals surface area contributed by atoms with Crippen molar-refractivity contribution >= 4 is 46.6 Å². The Morgan fingerprint density at radius 2 is 1.82 bits per heavy atom. The van der Waals surface area contributed by atoms with E-state index in [4.69, 9.17) is 37.7 Å². The van der Waals surface area contributed by atoms with E-state index < -0.39 is 12.0 Å². The number of hydrogen-bond donors (Lipinski definition) is 0. The van der Waals surface area contributed by atoms with Crippen LogP contribution in [0.4, 0.5) is 0 Å². The Morgan fingerprint density at radius 3 is 2.49 bits per heavy atom. The number of carbonyl (C=O) groups is 1. The summed E-state index contributed by atoms with van der Waals surface area (Å²) in [4.78, 5) is 31.8. The fourth-order valence-electron chi connectivity index (χ4n) is 4.43. The molecule has 6 nitrogen and oxygen atoms in total. The summed E-state index contributed by atoms with van der Waals surface area (Å²) in [6, 6.07) is 21.6. The molecule has 198 valence electrons. The summed E-state index contributed by atoms with van der Waals surface area (Å²) in [5, 5.41) is 1.12. The molecular weight excluding hydrogens is 555 g/mol. The minimum absolute atomic E-state index is 0.220. The Bertz CT molecular complexity index is 1740. The lowest BCUT2D eigenvalue weighted by Crippen LogP contribution is -2.40. The maximum Gasteiger partial charge on any atom is 0.338 e. The Morgan fingerprint density at radius 1 is 1.08 bits per heavy atom. The van der Waals surface area contributed by atoms with Crippen LogP contribution in [0.5, 0.6) is 5.75 Å². The van der Waals surface area contributed by atoms with Crippen molar-refractivity contribution in [2.24, 2.45) is 4.99 Å². The number of benzene rings is 3. The highest BCUT2D eigenvalue weighted by Crippen LogP contribution is 2.31. The number of fused-ring (bicyclic) bond motifs is 1. The van der Waals surface area contributed by atoms with Crippen LogP contribution < -0.4 is 19.6 Å². The lowest BCUT2D eigenvalue weighted by Gasteiger charge is -2.25. The number of esters is 1.